The van der Waals surface area contributed by atoms with Gasteiger partial charge in [0.15, 0.2) is 0 Å². The molecule has 136 valence electrons. The first kappa shape index (κ1) is 19.2. The van der Waals surface area contributed by atoms with Gasteiger partial charge in [-0.15, -0.1) is 0 Å². The molecule has 7 heteroatoms. The van der Waals surface area contributed by atoms with Crippen LogP contribution in [0.1, 0.15) is 25.0 Å². The largest absolute Gasteiger partial charge is 0.368 e. The lowest BCUT2D eigenvalue weighted by atomic mass is 10.2. The van der Waals surface area contributed by atoms with Gasteiger partial charge in [0.25, 0.3) is 0 Å². The van der Waals surface area contributed by atoms with Crippen molar-refractivity contribution in [3.8, 4) is 11.8 Å². The number of benzene rings is 1. The number of likely N-dealkylation sites (N-methyl/N-ethyl adjacent to an activating group) is 1. The smallest absolute Gasteiger partial charge is 0.319 e. The van der Waals surface area contributed by atoms with E-state index in [2.05, 4.69) is 51.2 Å². The van der Waals surface area contributed by atoms with Gasteiger partial charge >= 0.3 is 6.03 Å². The summed E-state index contributed by atoms with van der Waals surface area (Å²) in [6.07, 6.45) is 3.14. The van der Waals surface area contributed by atoms with Gasteiger partial charge in [-0.3, -0.25) is 0 Å². The van der Waals surface area contributed by atoms with E-state index in [9.17, 15) is 4.79 Å². The fourth-order valence-electron chi connectivity index (χ4n) is 2.26. The molecule has 4 N–H and O–H groups in total. The molecule has 7 nitrogen and oxygen atoms in total. The number of nitrogens with two attached hydrogens (primary N) is 1. The van der Waals surface area contributed by atoms with E-state index < -0.39 is 0 Å². The zero-order valence-corrected chi connectivity index (χ0v) is 15.1. The summed E-state index contributed by atoms with van der Waals surface area (Å²) >= 11 is 0. The molecule has 2 amide bonds. The number of amides is 2. The van der Waals surface area contributed by atoms with Gasteiger partial charge in [0, 0.05) is 36.7 Å². The minimum atomic E-state index is -0.228. The number of hydrogen-bond donors (Lipinski definition) is 3. The maximum atomic E-state index is 12.0. The molecular formula is C19H24N6O. The number of carbonyl (C=O) groups is 1. The molecule has 0 atom stereocenters. The first-order valence-electron chi connectivity index (χ1n) is 8.57. The predicted molar refractivity (Wildman–Crippen MR) is 104 cm³/mol. The monoisotopic (exact) mass is 352 g/mol. The number of nitrogens with zero attached hydrogens (tertiary/aromatic N) is 3. The summed E-state index contributed by atoms with van der Waals surface area (Å²) in [5.41, 5.74) is 7.59. The second-order valence-electron chi connectivity index (χ2n) is 5.57. The molecular weight excluding hydrogens is 328 g/mol. The van der Waals surface area contributed by atoms with Crippen molar-refractivity contribution in [2.24, 2.45) is 0 Å². The fraction of sp³-hybridized carbons (Fsp3) is 0.316. The molecule has 0 fully saturated rings. The molecule has 0 saturated carbocycles. The maximum Gasteiger partial charge on any atom is 0.319 e. The van der Waals surface area contributed by atoms with Crippen LogP contribution in [0.25, 0.3) is 0 Å². The minimum absolute atomic E-state index is 0.216. The van der Waals surface area contributed by atoms with Gasteiger partial charge < -0.3 is 21.3 Å². The van der Waals surface area contributed by atoms with Crippen LogP contribution in [-0.4, -0.2) is 47.1 Å². The SMILES string of the molecule is CCN(CC)CCNC(=O)Nc1cccc(C#Cc2cnc(N)nc2)c1. The molecule has 26 heavy (non-hydrogen) atoms. The van der Waals surface area contributed by atoms with E-state index in [1.807, 2.05) is 24.3 Å². The van der Waals surface area contributed by atoms with Gasteiger partial charge in [-0.2, -0.15) is 0 Å². The van der Waals surface area contributed by atoms with Crippen molar-refractivity contribution in [2.45, 2.75) is 13.8 Å². The molecule has 0 aliphatic rings. The Hall–Kier alpha value is -3.11. The second-order valence-corrected chi connectivity index (χ2v) is 5.57. The molecule has 0 aliphatic heterocycles. The summed E-state index contributed by atoms with van der Waals surface area (Å²) in [5.74, 6) is 6.20. The molecule has 1 aromatic heterocycles. The zero-order valence-electron chi connectivity index (χ0n) is 15.1. The zero-order chi connectivity index (χ0) is 18.8. The Morgan fingerprint density at radius 2 is 1.85 bits per heavy atom. The van der Waals surface area contributed by atoms with Crippen molar-refractivity contribution in [3.05, 3.63) is 47.8 Å². The number of aromatic nitrogens is 2. The van der Waals surface area contributed by atoms with E-state index >= 15 is 0 Å². The number of nitrogen functional groups attached to an aromatic ring is 1. The first-order chi connectivity index (χ1) is 12.6. The topological polar surface area (TPSA) is 96.2 Å². The molecule has 0 radical (unpaired) electrons. The van der Waals surface area contributed by atoms with Gasteiger partial charge in [0.2, 0.25) is 5.95 Å². The standard InChI is InChI=1S/C19H24N6O/c1-3-25(4-2)11-10-21-19(26)24-17-7-5-6-15(12-17)8-9-16-13-22-18(20)23-14-16/h5-7,12-14H,3-4,10-11H2,1-2H3,(H2,20,22,23)(H2,21,24,26). The Bertz CT molecular complexity index is 775. The van der Waals surface area contributed by atoms with Gasteiger partial charge in [0.1, 0.15) is 0 Å². The van der Waals surface area contributed by atoms with Crippen molar-refractivity contribution in [3.63, 3.8) is 0 Å². The minimum Gasteiger partial charge on any atom is -0.368 e. The normalized spacial score (nSPS) is 10.1. The van der Waals surface area contributed by atoms with E-state index in [0.717, 1.165) is 25.2 Å². The van der Waals surface area contributed by atoms with Crippen molar-refractivity contribution in [2.75, 3.05) is 37.2 Å². The van der Waals surface area contributed by atoms with E-state index in [-0.39, 0.29) is 12.0 Å². The third-order valence-electron chi connectivity index (χ3n) is 3.75. The van der Waals surface area contributed by atoms with E-state index in [4.69, 9.17) is 5.73 Å². The van der Waals surface area contributed by atoms with Crippen LogP contribution in [0.4, 0.5) is 16.4 Å². The number of hydrogen-bond acceptors (Lipinski definition) is 5. The van der Waals surface area contributed by atoms with Crippen LogP contribution in [0, 0.1) is 11.8 Å². The van der Waals surface area contributed by atoms with Crippen LogP contribution < -0.4 is 16.4 Å². The van der Waals surface area contributed by atoms with Gasteiger partial charge in [-0.1, -0.05) is 31.8 Å². The Morgan fingerprint density at radius 3 is 2.54 bits per heavy atom. The number of urea groups is 1. The number of anilines is 2. The van der Waals surface area contributed by atoms with Crippen LogP contribution in [0.3, 0.4) is 0 Å². The van der Waals surface area contributed by atoms with Crippen LogP contribution in [0.2, 0.25) is 0 Å². The molecule has 1 heterocycles. The maximum absolute atomic E-state index is 12.0. The molecule has 0 spiro atoms. The van der Waals surface area contributed by atoms with Crippen molar-refractivity contribution in [1.82, 2.24) is 20.2 Å². The van der Waals surface area contributed by atoms with Crippen LogP contribution in [0.5, 0.6) is 0 Å². The summed E-state index contributed by atoms with van der Waals surface area (Å²) in [7, 11) is 0. The Morgan fingerprint density at radius 1 is 1.15 bits per heavy atom. The van der Waals surface area contributed by atoms with Crippen LogP contribution >= 0.6 is 0 Å². The van der Waals surface area contributed by atoms with Gasteiger partial charge in [-0.05, 0) is 31.3 Å². The highest BCUT2D eigenvalue weighted by atomic mass is 16.2. The molecule has 2 aromatic rings. The quantitative estimate of drug-likeness (QED) is 0.690. The third kappa shape index (κ3) is 6.42. The highest BCUT2D eigenvalue weighted by molar-refractivity contribution is 5.89. The predicted octanol–water partition coefficient (Wildman–Crippen LogP) is 1.92. The highest BCUT2D eigenvalue weighted by Gasteiger charge is 2.03. The second kappa shape index (κ2) is 10.0. The molecule has 0 aliphatic carbocycles. The lowest BCUT2D eigenvalue weighted by molar-refractivity contribution is 0.248. The summed E-state index contributed by atoms with van der Waals surface area (Å²) in [5, 5.41) is 5.68. The number of nitrogens with one attached hydrogen (secondary N) is 2. The van der Waals surface area contributed by atoms with E-state index in [1.54, 1.807) is 12.4 Å². The molecule has 1 aromatic carbocycles. The summed E-state index contributed by atoms with van der Waals surface area (Å²) in [6, 6.07) is 7.12. The number of rotatable bonds is 6. The van der Waals surface area contributed by atoms with E-state index in [0.29, 0.717) is 17.8 Å². The summed E-state index contributed by atoms with van der Waals surface area (Å²) < 4.78 is 0. The molecule has 2 rings (SSSR count). The number of carbonyl (C=O) groups excluding carboxylic acids is 1. The Balaban J connectivity index is 1.90. The van der Waals surface area contributed by atoms with Crippen LogP contribution in [-0.2, 0) is 0 Å². The fourth-order valence-corrected chi connectivity index (χ4v) is 2.26. The van der Waals surface area contributed by atoms with Crippen molar-refractivity contribution < 1.29 is 4.79 Å². The Kier molecular flexibility index (Phi) is 7.40. The molecule has 0 unspecified atom stereocenters. The molecule has 0 bridgehead atoms. The lowest BCUT2D eigenvalue weighted by Crippen LogP contribution is -2.36. The van der Waals surface area contributed by atoms with Crippen molar-refractivity contribution in [1.29, 1.82) is 0 Å². The first-order valence-corrected chi connectivity index (χ1v) is 8.57. The third-order valence-corrected chi connectivity index (χ3v) is 3.75. The van der Waals surface area contributed by atoms with Gasteiger partial charge in [-0.25, -0.2) is 14.8 Å². The highest BCUT2D eigenvalue weighted by Crippen LogP contribution is 2.09. The molecule has 0 saturated heterocycles. The summed E-state index contributed by atoms with van der Waals surface area (Å²) in [4.78, 5) is 22.0. The average Bonchev–Trinajstić information content (AvgIpc) is 2.65. The van der Waals surface area contributed by atoms with E-state index in [1.165, 1.54) is 0 Å². The summed E-state index contributed by atoms with van der Waals surface area (Å²) in [6.45, 7) is 7.58. The lowest BCUT2D eigenvalue weighted by Gasteiger charge is -2.18. The van der Waals surface area contributed by atoms with Crippen LogP contribution in [0.15, 0.2) is 36.7 Å². The van der Waals surface area contributed by atoms with Crippen molar-refractivity contribution >= 4 is 17.7 Å². The average molecular weight is 352 g/mol. The Labute approximate surface area is 154 Å². The van der Waals surface area contributed by atoms with Gasteiger partial charge in [0.05, 0.1) is 5.56 Å².